The topological polar surface area (TPSA) is 22.9 Å². The van der Waals surface area contributed by atoms with E-state index in [0.717, 1.165) is 64.3 Å². The molecule has 0 saturated heterocycles. The number of furan rings is 1. The van der Waals surface area contributed by atoms with Crippen molar-refractivity contribution in [3.63, 3.8) is 0 Å². The highest BCUT2D eigenvalue weighted by Crippen LogP contribution is 2.55. The summed E-state index contributed by atoms with van der Waals surface area (Å²) in [6, 6.07) is 56.1. The summed E-state index contributed by atoms with van der Waals surface area (Å²) in [4.78, 5) is 7.88. The molecule has 3 heterocycles. The Hall–Kier alpha value is -6.98. The largest absolute Gasteiger partial charge is 0.454 e. The summed E-state index contributed by atoms with van der Waals surface area (Å²) in [5.41, 5.74) is 28.4. The van der Waals surface area contributed by atoms with Gasteiger partial charge in [-0.15, -0.1) is 0 Å². The molecular weight excluding hydrogens is 1080 g/mol. The van der Waals surface area contributed by atoms with E-state index in [0.29, 0.717) is 0 Å². The van der Waals surface area contributed by atoms with Crippen molar-refractivity contribution in [1.82, 2.24) is 0 Å². The fourth-order valence-electron chi connectivity index (χ4n) is 15.7. The second-order valence-electron chi connectivity index (χ2n) is 35.3. The van der Waals surface area contributed by atoms with E-state index in [1.54, 1.807) is 0 Å². The van der Waals surface area contributed by atoms with Crippen molar-refractivity contribution >= 4 is 96.2 Å². The van der Waals surface area contributed by atoms with Crippen LogP contribution in [-0.2, 0) is 48.7 Å². The van der Waals surface area contributed by atoms with Gasteiger partial charge >= 0.3 is 0 Å². The maximum atomic E-state index is 7.60. The quantitative estimate of drug-likeness (QED) is 0.160. The van der Waals surface area contributed by atoms with Crippen LogP contribution in [0.3, 0.4) is 0 Å². The van der Waals surface area contributed by atoms with Crippen molar-refractivity contribution in [2.75, 3.05) is 14.7 Å². The molecular formula is C84H100BN3O. The Morgan fingerprint density at radius 1 is 0.371 bits per heavy atom. The molecule has 0 saturated carbocycles. The molecule has 4 aliphatic rings. The van der Waals surface area contributed by atoms with Gasteiger partial charge in [-0.1, -0.05) is 220 Å². The fourth-order valence-corrected chi connectivity index (χ4v) is 15.7. The summed E-state index contributed by atoms with van der Waals surface area (Å²) in [5.74, 6) is 0. The number of hydrogen-bond donors (Lipinski definition) is 0. The average Bonchev–Trinajstić information content (AvgIpc) is 1.04. The molecule has 13 rings (SSSR count). The van der Waals surface area contributed by atoms with Gasteiger partial charge in [-0.05, 0) is 220 Å². The third kappa shape index (κ3) is 9.99. The predicted molar refractivity (Wildman–Crippen MR) is 386 cm³/mol. The first-order chi connectivity index (χ1) is 41.2. The van der Waals surface area contributed by atoms with Crippen molar-refractivity contribution in [2.24, 2.45) is 0 Å². The summed E-state index contributed by atoms with van der Waals surface area (Å²) in [5, 5.41) is 2.35. The molecule has 0 atom stereocenters. The maximum Gasteiger partial charge on any atom is 0.252 e. The third-order valence-corrected chi connectivity index (χ3v) is 21.7. The molecule has 460 valence electrons. The van der Waals surface area contributed by atoms with Gasteiger partial charge in [0.1, 0.15) is 5.58 Å². The maximum absolute atomic E-state index is 7.60. The minimum atomic E-state index is -0.214. The summed E-state index contributed by atoms with van der Waals surface area (Å²) in [6.45, 7) is 54.8. The SMILES string of the molecule is CC(C)(C)c1ccc(N(c2ccc(C(C)(C)C)cc2)c2ccc3c(c2)N(c2ccc(C(C)(C)C)c4c2oc2cc(C(C)(C)C)ccc24)c2cc(C(C)(C)C)cc4c2B3c2cc3c(cc2N4c2ccc4c(c2)C(C)(C)CCC4(C)C)C(C)(C)CCC3(C)C)cc1. The molecule has 0 fully saturated rings. The molecule has 0 unspecified atom stereocenters. The molecule has 8 aromatic carbocycles. The van der Waals surface area contributed by atoms with Crippen LogP contribution in [0.5, 0.6) is 0 Å². The van der Waals surface area contributed by atoms with Gasteiger partial charge in [0, 0.05) is 56.3 Å². The van der Waals surface area contributed by atoms with Gasteiger partial charge in [-0.2, -0.15) is 0 Å². The van der Waals surface area contributed by atoms with Crippen molar-refractivity contribution in [3.05, 3.63) is 190 Å². The van der Waals surface area contributed by atoms with Crippen LogP contribution in [0.2, 0.25) is 0 Å². The van der Waals surface area contributed by atoms with Crippen LogP contribution in [0.15, 0.2) is 144 Å². The lowest BCUT2D eigenvalue weighted by Crippen LogP contribution is -2.62. The van der Waals surface area contributed by atoms with E-state index >= 15 is 0 Å². The van der Waals surface area contributed by atoms with Crippen molar-refractivity contribution in [3.8, 4) is 0 Å². The summed E-state index contributed by atoms with van der Waals surface area (Å²) in [6.07, 6.45) is 4.60. The molecule has 9 aromatic rings. The van der Waals surface area contributed by atoms with Crippen molar-refractivity contribution in [1.29, 1.82) is 0 Å². The first-order valence-corrected chi connectivity index (χ1v) is 33.5. The number of benzene rings is 8. The van der Waals surface area contributed by atoms with Crippen molar-refractivity contribution in [2.45, 2.75) is 234 Å². The molecule has 0 N–H and O–H groups in total. The monoisotopic (exact) mass is 1180 g/mol. The second-order valence-corrected chi connectivity index (χ2v) is 35.3. The van der Waals surface area contributed by atoms with E-state index in [1.807, 2.05) is 0 Å². The zero-order valence-corrected chi connectivity index (χ0v) is 58.4. The Labute approximate surface area is 535 Å². The molecule has 2 aliphatic carbocycles. The van der Waals surface area contributed by atoms with Gasteiger partial charge in [-0.3, -0.25) is 0 Å². The number of fused-ring (bicyclic) bond motifs is 9. The highest BCUT2D eigenvalue weighted by atomic mass is 16.3. The first-order valence-electron chi connectivity index (χ1n) is 33.5. The highest BCUT2D eigenvalue weighted by Gasteiger charge is 2.49. The zero-order valence-electron chi connectivity index (χ0n) is 58.4. The van der Waals surface area contributed by atoms with Crippen LogP contribution in [0.4, 0.5) is 51.2 Å². The number of nitrogens with zero attached hydrogens (tertiary/aromatic N) is 3. The first kappa shape index (κ1) is 60.9. The van der Waals surface area contributed by atoms with Crippen molar-refractivity contribution < 1.29 is 4.42 Å². The average molecular weight is 1180 g/mol. The highest BCUT2D eigenvalue weighted by molar-refractivity contribution is 7.00. The summed E-state index contributed by atoms with van der Waals surface area (Å²) < 4.78 is 7.60. The number of hydrogen-bond acceptors (Lipinski definition) is 4. The van der Waals surface area contributed by atoms with E-state index in [4.69, 9.17) is 4.42 Å². The molecule has 0 spiro atoms. The Morgan fingerprint density at radius 2 is 0.843 bits per heavy atom. The smallest absolute Gasteiger partial charge is 0.252 e. The molecule has 5 heteroatoms. The second kappa shape index (κ2) is 19.8. The lowest BCUT2D eigenvalue weighted by molar-refractivity contribution is 0.332. The van der Waals surface area contributed by atoms with Gasteiger partial charge < -0.3 is 19.1 Å². The number of anilines is 9. The predicted octanol–water partition coefficient (Wildman–Crippen LogP) is 22.3. The van der Waals surface area contributed by atoms with Crippen LogP contribution < -0.4 is 31.1 Å². The van der Waals surface area contributed by atoms with Gasteiger partial charge in [0.15, 0.2) is 5.58 Å². The molecule has 2 aliphatic heterocycles. The normalized spacial score (nSPS) is 17.5. The van der Waals surface area contributed by atoms with E-state index in [2.05, 4.69) is 313 Å². The molecule has 89 heavy (non-hydrogen) atoms. The van der Waals surface area contributed by atoms with Crippen LogP contribution in [0.1, 0.15) is 235 Å². The lowest BCUT2D eigenvalue weighted by Gasteiger charge is -2.48. The Bertz CT molecular complexity index is 4280. The van der Waals surface area contributed by atoms with Crippen LogP contribution in [0.25, 0.3) is 21.9 Å². The Morgan fingerprint density at radius 3 is 1.37 bits per heavy atom. The van der Waals surface area contributed by atoms with E-state index in [1.165, 1.54) is 101 Å². The molecule has 4 nitrogen and oxygen atoms in total. The van der Waals surface area contributed by atoms with E-state index in [9.17, 15) is 0 Å². The molecule has 1 aromatic heterocycles. The van der Waals surface area contributed by atoms with Gasteiger partial charge in [0.2, 0.25) is 0 Å². The minimum absolute atomic E-state index is 0.00449. The zero-order chi connectivity index (χ0) is 64.0. The van der Waals surface area contributed by atoms with Crippen LogP contribution in [-0.4, -0.2) is 6.71 Å². The minimum Gasteiger partial charge on any atom is -0.454 e. The molecule has 0 radical (unpaired) electrons. The summed E-state index contributed by atoms with van der Waals surface area (Å²) >= 11 is 0. The van der Waals surface area contributed by atoms with Crippen LogP contribution >= 0.6 is 0 Å². The molecule has 0 amide bonds. The standard InChI is InChI=1S/C84H100BN3O/c1-76(2,3)51-24-29-55(30-25-51)86(56-31-26-52(27-32-56)77(4,5)6)58-34-38-65-68(48-58)88(67-39-37-61(80(13,14)15)73-59-35-28-53(78(7,8)9)46-72(59)89-75(67)73)71-45-54(79(10,11)12)44-70-74(71)85(65)66-49-63-64(84(22,23)43-42-83(63,20)21)50-69(66)87(70)57-33-36-60-62(47-57)82(18,19)41-40-81(60,16)17/h24-39,44-50H,40-43H2,1-23H3. The third-order valence-electron chi connectivity index (χ3n) is 21.7. The summed E-state index contributed by atoms with van der Waals surface area (Å²) in [7, 11) is 0. The lowest BCUT2D eigenvalue weighted by atomic mass is 9.33. The van der Waals surface area contributed by atoms with Gasteiger partial charge in [0.05, 0.1) is 5.69 Å². The van der Waals surface area contributed by atoms with E-state index in [-0.39, 0.29) is 55.4 Å². The molecule has 0 bridgehead atoms. The Kier molecular flexibility index (Phi) is 13.5. The Balaban J connectivity index is 1.18. The fraction of sp³-hybridized carbons (Fsp3) is 0.429. The number of rotatable bonds is 5. The van der Waals surface area contributed by atoms with E-state index < -0.39 is 0 Å². The van der Waals surface area contributed by atoms with Gasteiger partial charge in [0.25, 0.3) is 6.71 Å². The van der Waals surface area contributed by atoms with Crippen LogP contribution in [0, 0.1) is 0 Å². The van der Waals surface area contributed by atoms with Gasteiger partial charge in [-0.25, -0.2) is 0 Å².